The van der Waals surface area contributed by atoms with Gasteiger partial charge in [-0.1, -0.05) is 0 Å². The van der Waals surface area contributed by atoms with Crippen LogP contribution in [0.15, 0.2) is 0 Å². The van der Waals surface area contributed by atoms with Gasteiger partial charge in [-0.05, 0) is 37.4 Å². The molecule has 0 unspecified atom stereocenters. The van der Waals surface area contributed by atoms with Crippen molar-refractivity contribution in [3.63, 3.8) is 0 Å². The minimum absolute atomic E-state index is 0.0341. The van der Waals surface area contributed by atoms with Crippen LogP contribution >= 0.6 is 23.4 Å². The average molecular weight is 262 g/mol. The van der Waals surface area contributed by atoms with Crippen LogP contribution in [0.4, 0.5) is 13.2 Å². The molecule has 0 aliphatic heterocycles. The van der Waals surface area contributed by atoms with Gasteiger partial charge in [-0.15, -0.1) is 11.6 Å². The molecule has 0 aromatic carbocycles. The van der Waals surface area contributed by atoms with Crippen molar-refractivity contribution < 1.29 is 13.2 Å². The Morgan fingerprint density at radius 2 is 1.80 bits per heavy atom. The number of rotatable bonds is 4. The lowest BCUT2D eigenvalue weighted by molar-refractivity contribution is -0.0327. The molecule has 1 aliphatic rings. The third kappa shape index (κ3) is 6.53. The van der Waals surface area contributed by atoms with Crippen molar-refractivity contribution in [2.75, 3.05) is 12.3 Å². The van der Waals surface area contributed by atoms with Crippen LogP contribution in [0.5, 0.6) is 0 Å². The van der Waals surface area contributed by atoms with E-state index in [1.807, 2.05) is 0 Å². The standard InChI is InChI=1S/C9H15ClF3NS/c10-7-1-3-8(4-2-7)14-5-6-15-9(11,12)13/h7-8,14H,1-6H2. The van der Waals surface area contributed by atoms with Crippen LogP contribution < -0.4 is 5.32 Å². The molecule has 0 spiro atoms. The molecule has 0 heterocycles. The molecule has 15 heavy (non-hydrogen) atoms. The summed E-state index contributed by atoms with van der Waals surface area (Å²) >= 11 is 5.96. The molecule has 0 amide bonds. The van der Waals surface area contributed by atoms with E-state index in [1.165, 1.54) is 0 Å². The summed E-state index contributed by atoms with van der Waals surface area (Å²) in [4.78, 5) is 0. The van der Waals surface area contributed by atoms with Crippen molar-refractivity contribution in [3.8, 4) is 0 Å². The predicted octanol–water partition coefficient (Wildman–Crippen LogP) is 3.38. The highest BCUT2D eigenvalue weighted by molar-refractivity contribution is 8.00. The predicted molar refractivity (Wildman–Crippen MR) is 58.4 cm³/mol. The van der Waals surface area contributed by atoms with Crippen LogP contribution in [-0.4, -0.2) is 29.2 Å². The molecule has 1 N–H and O–H groups in total. The van der Waals surface area contributed by atoms with Gasteiger partial charge in [-0.2, -0.15) is 13.2 Å². The molecular formula is C9H15ClF3NS. The second kappa shape index (κ2) is 6.21. The smallest absolute Gasteiger partial charge is 0.313 e. The van der Waals surface area contributed by atoms with Crippen molar-refractivity contribution in [2.45, 2.75) is 42.6 Å². The summed E-state index contributed by atoms with van der Waals surface area (Å²) in [5.74, 6) is 0.0876. The minimum Gasteiger partial charge on any atom is -0.313 e. The average Bonchev–Trinajstić information content (AvgIpc) is 2.14. The highest BCUT2D eigenvalue weighted by atomic mass is 35.5. The zero-order valence-corrected chi connectivity index (χ0v) is 9.89. The summed E-state index contributed by atoms with van der Waals surface area (Å²) in [7, 11) is 0. The summed E-state index contributed by atoms with van der Waals surface area (Å²) in [5, 5.41) is 3.39. The number of halogens is 4. The molecule has 0 atom stereocenters. The zero-order valence-electron chi connectivity index (χ0n) is 8.32. The monoisotopic (exact) mass is 261 g/mol. The lowest BCUT2D eigenvalue weighted by Crippen LogP contribution is -2.35. The van der Waals surface area contributed by atoms with Gasteiger partial charge in [0.25, 0.3) is 0 Å². The molecule has 1 aliphatic carbocycles. The Morgan fingerprint density at radius 3 is 2.33 bits per heavy atom. The number of nitrogens with one attached hydrogen (secondary N) is 1. The van der Waals surface area contributed by atoms with Crippen LogP contribution in [0, 0.1) is 0 Å². The van der Waals surface area contributed by atoms with E-state index < -0.39 is 5.51 Å². The molecule has 1 saturated carbocycles. The van der Waals surface area contributed by atoms with E-state index in [1.54, 1.807) is 0 Å². The van der Waals surface area contributed by atoms with Crippen LogP contribution in [0.1, 0.15) is 25.7 Å². The maximum atomic E-state index is 11.8. The molecular weight excluding hydrogens is 247 g/mol. The summed E-state index contributed by atoms with van der Waals surface area (Å²) in [6.07, 6.45) is 3.88. The van der Waals surface area contributed by atoms with Gasteiger partial charge >= 0.3 is 5.51 Å². The Balaban J connectivity index is 2.01. The summed E-state index contributed by atoms with van der Waals surface area (Å²) < 4.78 is 35.4. The molecule has 6 heteroatoms. The fraction of sp³-hybridized carbons (Fsp3) is 1.00. The first-order chi connectivity index (χ1) is 6.97. The summed E-state index contributed by atoms with van der Waals surface area (Å²) in [6, 6.07) is 0.355. The van der Waals surface area contributed by atoms with Crippen LogP contribution in [0.3, 0.4) is 0 Å². The topological polar surface area (TPSA) is 12.0 Å². The zero-order chi connectivity index (χ0) is 11.3. The number of hydrogen-bond acceptors (Lipinski definition) is 2. The summed E-state index contributed by atoms with van der Waals surface area (Å²) in [5.41, 5.74) is -4.10. The van der Waals surface area contributed by atoms with E-state index in [-0.39, 0.29) is 22.9 Å². The maximum Gasteiger partial charge on any atom is 0.441 e. The number of alkyl halides is 4. The van der Waals surface area contributed by atoms with Crippen molar-refractivity contribution in [3.05, 3.63) is 0 Å². The van der Waals surface area contributed by atoms with Gasteiger partial charge in [-0.25, -0.2) is 0 Å². The Kier molecular flexibility index (Phi) is 5.57. The van der Waals surface area contributed by atoms with E-state index >= 15 is 0 Å². The first-order valence-corrected chi connectivity index (χ1v) is 6.48. The fourth-order valence-corrected chi connectivity index (χ4v) is 2.39. The molecule has 0 bridgehead atoms. The molecule has 0 aromatic rings. The third-order valence-electron chi connectivity index (χ3n) is 2.46. The highest BCUT2D eigenvalue weighted by Crippen LogP contribution is 2.29. The highest BCUT2D eigenvalue weighted by Gasteiger charge is 2.27. The first kappa shape index (κ1) is 13.5. The lowest BCUT2D eigenvalue weighted by Gasteiger charge is -2.25. The second-order valence-corrected chi connectivity index (χ2v) is 5.47. The van der Waals surface area contributed by atoms with E-state index in [2.05, 4.69) is 5.32 Å². The Hall–Kier alpha value is 0.390. The van der Waals surface area contributed by atoms with Gasteiger partial charge in [0.15, 0.2) is 0 Å². The molecule has 1 rings (SSSR count). The fourth-order valence-electron chi connectivity index (χ4n) is 1.69. The van der Waals surface area contributed by atoms with E-state index in [4.69, 9.17) is 11.6 Å². The van der Waals surface area contributed by atoms with Gasteiger partial charge in [0.05, 0.1) is 0 Å². The largest absolute Gasteiger partial charge is 0.441 e. The van der Waals surface area contributed by atoms with Crippen LogP contribution in [0.25, 0.3) is 0 Å². The lowest BCUT2D eigenvalue weighted by atomic mass is 9.95. The molecule has 0 aromatic heterocycles. The van der Waals surface area contributed by atoms with E-state index in [0.717, 1.165) is 25.7 Å². The minimum atomic E-state index is -4.10. The molecule has 1 fully saturated rings. The van der Waals surface area contributed by atoms with Gasteiger partial charge in [0.1, 0.15) is 0 Å². The quantitative estimate of drug-likeness (QED) is 0.615. The first-order valence-electron chi connectivity index (χ1n) is 5.05. The number of thioether (sulfide) groups is 1. The van der Waals surface area contributed by atoms with Crippen molar-refractivity contribution in [1.29, 1.82) is 0 Å². The Morgan fingerprint density at radius 1 is 1.20 bits per heavy atom. The van der Waals surface area contributed by atoms with Crippen molar-refractivity contribution in [2.24, 2.45) is 0 Å². The SMILES string of the molecule is FC(F)(F)SCCNC1CCC(Cl)CC1. The van der Waals surface area contributed by atoms with Gasteiger partial charge in [0.2, 0.25) is 0 Å². The van der Waals surface area contributed by atoms with E-state index in [0.29, 0.717) is 12.6 Å². The molecule has 1 nitrogen and oxygen atoms in total. The van der Waals surface area contributed by atoms with Crippen LogP contribution in [0.2, 0.25) is 0 Å². The molecule has 0 saturated heterocycles. The number of hydrogen-bond donors (Lipinski definition) is 1. The van der Waals surface area contributed by atoms with Gasteiger partial charge in [-0.3, -0.25) is 0 Å². The summed E-state index contributed by atoms with van der Waals surface area (Å²) in [6.45, 7) is 0.418. The maximum absolute atomic E-state index is 11.8. The Bertz CT molecular complexity index is 181. The Labute approximate surface area is 97.1 Å². The third-order valence-corrected chi connectivity index (χ3v) is 3.63. The van der Waals surface area contributed by atoms with Crippen molar-refractivity contribution >= 4 is 23.4 Å². The van der Waals surface area contributed by atoms with Crippen LogP contribution in [-0.2, 0) is 0 Å². The van der Waals surface area contributed by atoms with E-state index in [9.17, 15) is 13.2 Å². The molecule has 90 valence electrons. The van der Waals surface area contributed by atoms with Gasteiger partial charge in [0, 0.05) is 23.7 Å². The van der Waals surface area contributed by atoms with Crippen molar-refractivity contribution in [1.82, 2.24) is 5.32 Å². The molecule has 0 radical (unpaired) electrons. The van der Waals surface area contributed by atoms with Gasteiger partial charge < -0.3 is 5.32 Å². The second-order valence-electron chi connectivity index (χ2n) is 3.70. The normalized spacial score (nSPS) is 28.0.